The number of benzene rings is 1. The summed E-state index contributed by atoms with van der Waals surface area (Å²) >= 11 is 0. The minimum absolute atomic E-state index is 0.565. The number of fused-ring (bicyclic) bond motifs is 1. The normalized spacial score (nSPS) is 10.9. The first-order chi connectivity index (χ1) is 8.86. The van der Waals surface area contributed by atoms with Crippen molar-refractivity contribution in [1.82, 2.24) is 9.38 Å². The fourth-order valence-electron chi connectivity index (χ4n) is 2.14. The van der Waals surface area contributed by atoms with Crippen LogP contribution in [0.15, 0.2) is 54.9 Å². The molecule has 1 aromatic carbocycles. The van der Waals surface area contributed by atoms with E-state index in [2.05, 4.69) is 39.7 Å². The lowest BCUT2D eigenvalue weighted by Gasteiger charge is -2.03. The Labute approximate surface area is 106 Å². The molecule has 0 aliphatic carbocycles. The minimum atomic E-state index is 0.565. The van der Waals surface area contributed by atoms with E-state index in [1.807, 2.05) is 24.5 Å². The summed E-state index contributed by atoms with van der Waals surface area (Å²) in [6.45, 7) is 0.565. The second kappa shape index (κ2) is 4.63. The van der Waals surface area contributed by atoms with Crippen LogP contribution in [0.2, 0.25) is 0 Å². The van der Waals surface area contributed by atoms with Crippen molar-refractivity contribution in [2.45, 2.75) is 13.0 Å². The predicted molar refractivity (Wildman–Crippen MR) is 72.3 cm³/mol. The molecule has 18 heavy (non-hydrogen) atoms. The van der Waals surface area contributed by atoms with Gasteiger partial charge >= 0.3 is 0 Å². The van der Waals surface area contributed by atoms with E-state index in [1.165, 1.54) is 5.56 Å². The average Bonchev–Trinajstić information content (AvgIpc) is 2.82. The van der Waals surface area contributed by atoms with Crippen molar-refractivity contribution < 1.29 is 0 Å². The highest BCUT2D eigenvalue weighted by molar-refractivity contribution is 5.48. The van der Waals surface area contributed by atoms with Crippen molar-refractivity contribution in [1.29, 1.82) is 0 Å². The Balaban J connectivity index is 1.98. The van der Waals surface area contributed by atoms with Crippen LogP contribution < -0.4 is 5.73 Å². The highest BCUT2D eigenvalue weighted by Gasteiger charge is 2.04. The van der Waals surface area contributed by atoms with E-state index in [9.17, 15) is 0 Å². The van der Waals surface area contributed by atoms with Crippen LogP contribution in [0.3, 0.4) is 0 Å². The van der Waals surface area contributed by atoms with E-state index in [4.69, 9.17) is 5.73 Å². The van der Waals surface area contributed by atoms with Crippen LogP contribution >= 0.6 is 0 Å². The number of pyridine rings is 1. The fraction of sp³-hybridized carbons (Fsp3) is 0.133. The van der Waals surface area contributed by atoms with Gasteiger partial charge in [-0.05, 0) is 23.3 Å². The Hall–Kier alpha value is -2.13. The van der Waals surface area contributed by atoms with Crippen molar-refractivity contribution in [3.05, 3.63) is 71.8 Å². The molecule has 2 heterocycles. The molecule has 0 amide bonds. The standard InChI is InChI=1S/C15H15N3/c16-10-13-6-7-18-14(8-13)11-17-15(18)9-12-4-2-1-3-5-12/h1-8,11H,9-10,16H2. The number of rotatable bonds is 3. The molecule has 0 spiro atoms. The van der Waals surface area contributed by atoms with Crippen molar-refractivity contribution in [3.8, 4) is 0 Å². The summed E-state index contributed by atoms with van der Waals surface area (Å²) in [6.07, 6.45) is 4.79. The molecule has 0 bridgehead atoms. The van der Waals surface area contributed by atoms with Crippen LogP contribution in [0.1, 0.15) is 17.0 Å². The molecule has 3 heteroatoms. The largest absolute Gasteiger partial charge is 0.326 e. The van der Waals surface area contributed by atoms with Gasteiger partial charge in [0.1, 0.15) is 5.82 Å². The molecule has 0 unspecified atom stereocenters. The zero-order chi connectivity index (χ0) is 12.4. The molecule has 0 aliphatic heterocycles. The van der Waals surface area contributed by atoms with E-state index in [0.717, 1.165) is 23.3 Å². The minimum Gasteiger partial charge on any atom is -0.326 e. The molecule has 0 aliphatic rings. The molecular formula is C15H15N3. The third kappa shape index (κ3) is 2.00. The zero-order valence-electron chi connectivity index (χ0n) is 10.1. The Morgan fingerprint density at radius 3 is 2.67 bits per heavy atom. The third-order valence-electron chi connectivity index (χ3n) is 3.11. The van der Waals surface area contributed by atoms with Crippen LogP contribution in [0.25, 0.3) is 5.52 Å². The molecule has 3 rings (SSSR count). The lowest BCUT2D eigenvalue weighted by atomic mass is 10.1. The molecule has 2 N–H and O–H groups in total. The van der Waals surface area contributed by atoms with Gasteiger partial charge in [0.05, 0.1) is 11.7 Å². The average molecular weight is 237 g/mol. The molecule has 2 aromatic heterocycles. The molecule has 0 saturated heterocycles. The monoisotopic (exact) mass is 237 g/mol. The van der Waals surface area contributed by atoms with Crippen LogP contribution in [-0.4, -0.2) is 9.38 Å². The second-order valence-corrected chi connectivity index (χ2v) is 4.37. The second-order valence-electron chi connectivity index (χ2n) is 4.37. The Morgan fingerprint density at radius 1 is 1.06 bits per heavy atom. The number of hydrogen-bond donors (Lipinski definition) is 1. The van der Waals surface area contributed by atoms with E-state index < -0.39 is 0 Å². The van der Waals surface area contributed by atoms with Gasteiger partial charge in [-0.1, -0.05) is 30.3 Å². The van der Waals surface area contributed by atoms with Crippen LogP contribution in [-0.2, 0) is 13.0 Å². The fourth-order valence-corrected chi connectivity index (χ4v) is 2.14. The summed E-state index contributed by atoms with van der Waals surface area (Å²) in [6, 6.07) is 14.5. The molecule has 0 saturated carbocycles. The summed E-state index contributed by atoms with van der Waals surface area (Å²) in [4.78, 5) is 4.49. The predicted octanol–water partition coefficient (Wildman–Crippen LogP) is 2.38. The van der Waals surface area contributed by atoms with Crippen molar-refractivity contribution in [2.24, 2.45) is 5.73 Å². The lowest BCUT2D eigenvalue weighted by molar-refractivity contribution is 0.954. The zero-order valence-corrected chi connectivity index (χ0v) is 10.1. The lowest BCUT2D eigenvalue weighted by Crippen LogP contribution is -1.99. The quantitative estimate of drug-likeness (QED) is 0.760. The number of imidazole rings is 1. The van der Waals surface area contributed by atoms with Crippen molar-refractivity contribution in [3.63, 3.8) is 0 Å². The van der Waals surface area contributed by atoms with Gasteiger partial charge in [-0.2, -0.15) is 0 Å². The maximum atomic E-state index is 5.64. The molecular weight excluding hydrogens is 222 g/mol. The van der Waals surface area contributed by atoms with E-state index in [1.54, 1.807) is 0 Å². The Kier molecular flexibility index (Phi) is 2.82. The van der Waals surface area contributed by atoms with Crippen LogP contribution in [0.4, 0.5) is 0 Å². The topological polar surface area (TPSA) is 43.3 Å². The highest BCUT2D eigenvalue weighted by Crippen LogP contribution is 2.13. The van der Waals surface area contributed by atoms with Gasteiger partial charge in [-0.15, -0.1) is 0 Å². The highest BCUT2D eigenvalue weighted by atomic mass is 15.0. The summed E-state index contributed by atoms with van der Waals surface area (Å²) in [7, 11) is 0. The number of hydrogen-bond acceptors (Lipinski definition) is 2. The Morgan fingerprint density at radius 2 is 1.89 bits per heavy atom. The Bertz CT molecular complexity index is 656. The van der Waals surface area contributed by atoms with E-state index in [0.29, 0.717) is 6.54 Å². The number of nitrogens with zero attached hydrogens (tertiary/aromatic N) is 2. The van der Waals surface area contributed by atoms with Gasteiger partial charge in [-0.3, -0.25) is 0 Å². The first kappa shape index (κ1) is 11.0. The van der Waals surface area contributed by atoms with Gasteiger partial charge in [0, 0.05) is 19.2 Å². The maximum Gasteiger partial charge on any atom is 0.117 e. The van der Waals surface area contributed by atoms with Crippen LogP contribution in [0, 0.1) is 0 Å². The molecule has 3 aromatic rings. The number of aromatic nitrogens is 2. The summed E-state index contributed by atoms with van der Waals surface area (Å²) < 4.78 is 2.12. The smallest absolute Gasteiger partial charge is 0.117 e. The number of nitrogens with two attached hydrogens (primary N) is 1. The summed E-state index contributed by atoms with van der Waals surface area (Å²) in [5, 5.41) is 0. The van der Waals surface area contributed by atoms with Gasteiger partial charge in [-0.25, -0.2) is 4.98 Å². The van der Waals surface area contributed by atoms with Crippen LogP contribution in [0.5, 0.6) is 0 Å². The van der Waals surface area contributed by atoms with Gasteiger partial charge in [0.2, 0.25) is 0 Å². The molecule has 3 nitrogen and oxygen atoms in total. The first-order valence-electron chi connectivity index (χ1n) is 6.05. The van der Waals surface area contributed by atoms with Gasteiger partial charge < -0.3 is 10.1 Å². The third-order valence-corrected chi connectivity index (χ3v) is 3.11. The first-order valence-corrected chi connectivity index (χ1v) is 6.05. The molecule has 0 atom stereocenters. The molecule has 0 fully saturated rings. The molecule has 0 radical (unpaired) electrons. The van der Waals surface area contributed by atoms with Crippen molar-refractivity contribution in [2.75, 3.05) is 0 Å². The van der Waals surface area contributed by atoms with E-state index >= 15 is 0 Å². The summed E-state index contributed by atoms with van der Waals surface area (Å²) in [5.74, 6) is 1.06. The SMILES string of the molecule is NCc1ccn2c(Cc3ccccc3)ncc2c1. The van der Waals surface area contributed by atoms with Crippen molar-refractivity contribution >= 4 is 5.52 Å². The maximum absolute atomic E-state index is 5.64. The molecule has 90 valence electrons. The summed E-state index contributed by atoms with van der Waals surface area (Å²) in [5.41, 5.74) is 9.15. The van der Waals surface area contributed by atoms with E-state index in [-0.39, 0.29) is 0 Å². The van der Waals surface area contributed by atoms with Gasteiger partial charge in [0.15, 0.2) is 0 Å². The van der Waals surface area contributed by atoms with Gasteiger partial charge in [0.25, 0.3) is 0 Å².